The van der Waals surface area contributed by atoms with Gasteiger partial charge in [-0.1, -0.05) is 74.5 Å². The number of likely N-dealkylation sites (N-methyl/N-ethyl adjacent to an activating group) is 1. The Morgan fingerprint density at radius 1 is 1.00 bits per heavy atom. The van der Waals surface area contributed by atoms with E-state index in [2.05, 4.69) is 0 Å². The minimum atomic E-state index is -1.36. The maximum atomic E-state index is 13.1. The van der Waals surface area contributed by atoms with E-state index < -0.39 is 29.7 Å². The predicted octanol–water partition coefficient (Wildman–Crippen LogP) is 2.65. The maximum absolute atomic E-state index is 13.1. The summed E-state index contributed by atoms with van der Waals surface area (Å²) in [6, 6.07) is 16.8. The van der Waals surface area contributed by atoms with Crippen LogP contribution in [0, 0.1) is 5.92 Å². The van der Waals surface area contributed by atoms with E-state index in [1.807, 2.05) is 74.5 Å². The molecular weight excluding hydrogens is 340 g/mol. The minimum absolute atomic E-state index is 0.195. The lowest BCUT2D eigenvalue weighted by Crippen LogP contribution is -2.58. The molecule has 0 aromatic heterocycles. The fourth-order valence-electron chi connectivity index (χ4n) is 3.07. The molecule has 0 saturated carbocycles. The van der Waals surface area contributed by atoms with Crippen molar-refractivity contribution in [2.24, 2.45) is 11.7 Å². The quantitative estimate of drug-likeness (QED) is 0.699. The minimum Gasteiger partial charge on any atom is -0.388 e. The Morgan fingerprint density at radius 3 is 1.89 bits per heavy atom. The number of hydrogen-bond acceptors (Lipinski definition) is 4. The van der Waals surface area contributed by atoms with Crippen molar-refractivity contribution in [3.63, 3.8) is 0 Å². The second kappa shape index (κ2) is 8.65. The Kier molecular flexibility index (Phi) is 6.76. The Morgan fingerprint density at radius 2 is 1.44 bits per heavy atom. The number of nitrogens with two attached hydrogens (primary N) is 1. The van der Waals surface area contributed by atoms with Crippen LogP contribution in [0.1, 0.15) is 44.0 Å². The van der Waals surface area contributed by atoms with Crippen LogP contribution in [0.3, 0.4) is 0 Å². The van der Waals surface area contributed by atoms with E-state index in [0.29, 0.717) is 5.56 Å². The van der Waals surface area contributed by atoms with Gasteiger partial charge in [-0.25, -0.2) is 0 Å². The summed E-state index contributed by atoms with van der Waals surface area (Å²) in [5.41, 5.74) is 6.27. The Bertz CT molecular complexity index is 732. The number of carbonyl (C=O) groups excluding carboxylic acids is 1. The molecule has 27 heavy (non-hydrogen) atoms. The summed E-state index contributed by atoms with van der Waals surface area (Å²) in [5, 5.41) is 21.7. The van der Waals surface area contributed by atoms with Gasteiger partial charge in [-0.3, -0.25) is 4.79 Å². The standard InChI is InChI=1S/C22H30N2O3/c1-15(2)22(3,27)20(23)21(26)24(4)18(16-11-7-5-8-12-16)19(25)17-13-9-6-10-14-17/h5-15,18-20,25,27H,23H2,1-4H3/t18-,19-,20-,22?/m1/s1. The highest BCUT2D eigenvalue weighted by Crippen LogP contribution is 2.34. The number of rotatable bonds is 7. The van der Waals surface area contributed by atoms with Gasteiger partial charge in [-0.05, 0) is 24.0 Å². The van der Waals surface area contributed by atoms with Gasteiger partial charge in [0.15, 0.2) is 0 Å². The zero-order valence-corrected chi connectivity index (χ0v) is 16.4. The molecule has 0 fully saturated rings. The zero-order chi connectivity index (χ0) is 20.2. The van der Waals surface area contributed by atoms with Crippen molar-refractivity contribution in [2.75, 3.05) is 7.05 Å². The molecule has 5 nitrogen and oxygen atoms in total. The molecule has 0 bridgehead atoms. The summed E-state index contributed by atoms with van der Waals surface area (Å²) in [5.74, 6) is -0.614. The average Bonchev–Trinajstić information content (AvgIpc) is 2.68. The van der Waals surface area contributed by atoms with Gasteiger partial charge in [0.05, 0.1) is 11.6 Å². The summed E-state index contributed by atoms with van der Waals surface area (Å²) < 4.78 is 0. The first-order valence-electron chi connectivity index (χ1n) is 9.20. The third-order valence-electron chi connectivity index (χ3n) is 5.41. The van der Waals surface area contributed by atoms with Crippen molar-refractivity contribution in [1.82, 2.24) is 4.90 Å². The van der Waals surface area contributed by atoms with E-state index >= 15 is 0 Å². The molecule has 2 aromatic carbocycles. The van der Waals surface area contributed by atoms with E-state index in [-0.39, 0.29) is 5.92 Å². The van der Waals surface area contributed by atoms with Crippen molar-refractivity contribution < 1.29 is 15.0 Å². The molecule has 146 valence electrons. The second-order valence-corrected chi connectivity index (χ2v) is 7.52. The molecule has 0 heterocycles. The highest BCUT2D eigenvalue weighted by atomic mass is 16.3. The molecule has 0 saturated heterocycles. The number of aliphatic hydroxyl groups excluding tert-OH is 1. The van der Waals surface area contributed by atoms with Crippen molar-refractivity contribution in [1.29, 1.82) is 0 Å². The second-order valence-electron chi connectivity index (χ2n) is 7.52. The Labute approximate surface area is 161 Å². The van der Waals surface area contributed by atoms with Crippen LogP contribution in [-0.2, 0) is 4.79 Å². The van der Waals surface area contributed by atoms with Gasteiger partial charge < -0.3 is 20.8 Å². The van der Waals surface area contributed by atoms with Crippen LogP contribution in [0.25, 0.3) is 0 Å². The molecule has 0 aliphatic rings. The fourth-order valence-corrected chi connectivity index (χ4v) is 3.07. The summed E-state index contributed by atoms with van der Waals surface area (Å²) >= 11 is 0. The lowest BCUT2D eigenvalue weighted by molar-refractivity contribution is -0.144. The van der Waals surface area contributed by atoms with Gasteiger partial charge in [-0.2, -0.15) is 0 Å². The third-order valence-corrected chi connectivity index (χ3v) is 5.41. The molecule has 1 amide bonds. The predicted molar refractivity (Wildman–Crippen MR) is 107 cm³/mol. The van der Waals surface area contributed by atoms with E-state index in [9.17, 15) is 15.0 Å². The normalized spacial score (nSPS) is 17.0. The first-order valence-corrected chi connectivity index (χ1v) is 9.20. The van der Waals surface area contributed by atoms with Crippen LogP contribution < -0.4 is 5.73 Å². The maximum Gasteiger partial charge on any atom is 0.242 e. The molecule has 0 radical (unpaired) electrons. The smallest absolute Gasteiger partial charge is 0.242 e. The van der Waals surface area contributed by atoms with E-state index in [1.165, 1.54) is 4.90 Å². The number of hydrogen-bond donors (Lipinski definition) is 3. The first-order chi connectivity index (χ1) is 12.7. The van der Waals surface area contributed by atoms with Crippen LogP contribution in [0.5, 0.6) is 0 Å². The van der Waals surface area contributed by atoms with Crippen LogP contribution >= 0.6 is 0 Å². The summed E-state index contributed by atoms with van der Waals surface area (Å²) in [7, 11) is 1.61. The molecule has 5 heteroatoms. The number of amides is 1. The number of benzene rings is 2. The summed E-state index contributed by atoms with van der Waals surface area (Å²) in [6.45, 7) is 5.21. The van der Waals surface area contributed by atoms with Crippen molar-refractivity contribution in [2.45, 2.75) is 44.6 Å². The summed E-state index contributed by atoms with van der Waals surface area (Å²) in [6.07, 6.45) is -0.932. The van der Waals surface area contributed by atoms with E-state index in [4.69, 9.17) is 5.73 Å². The van der Waals surface area contributed by atoms with Crippen molar-refractivity contribution in [3.8, 4) is 0 Å². The van der Waals surface area contributed by atoms with Crippen LogP contribution in [-0.4, -0.2) is 39.7 Å². The topological polar surface area (TPSA) is 86.8 Å². The third kappa shape index (κ3) is 4.56. The van der Waals surface area contributed by atoms with E-state index in [1.54, 1.807) is 14.0 Å². The molecule has 4 atom stereocenters. The van der Waals surface area contributed by atoms with Gasteiger partial charge in [-0.15, -0.1) is 0 Å². The largest absolute Gasteiger partial charge is 0.388 e. The molecule has 2 aromatic rings. The molecule has 0 aliphatic carbocycles. The van der Waals surface area contributed by atoms with Gasteiger partial charge >= 0.3 is 0 Å². The molecule has 0 spiro atoms. The van der Waals surface area contributed by atoms with Gasteiger partial charge in [0.1, 0.15) is 12.1 Å². The van der Waals surface area contributed by atoms with Crippen molar-refractivity contribution >= 4 is 5.91 Å². The van der Waals surface area contributed by atoms with Gasteiger partial charge in [0, 0.05) is 7.05 Å². The van der Waals surface area contributed by atoms with Gasteiger partial charge in [0.25, 0.3) is 0 Å². The van der Waals surface area contributed by atoms with E-state index in [0.717, 1.165) is 5.56 Å². The monoisotopic (exact) mass is 370 g/mol. The fraction of sp³-hybridized carbons (Fsp3) is 0.409. The van der Waals surface area contributed by atoms with Crippen LogP contribution in [0.2, 0.25) is 0 Å². The number of aliphatic hydroxyl groups is 2. The number of carbonyl (C=O) groups is 1. The Balaban J connectivity index is 2.40. The zero-order valence-electron chi connectivity index (χ0n) is 16.4. The average molecular weight is 370 g/mol. The molecule has 0 aliphatic heterocycles. The van der Waals surface area contributed by atoms with Crippen molar-refractivity contribution in [3.05, 3.63) is 71.8 Å². The van der Waals surface area contributed by atoms with Crippen LogP contribution in [0.15, 0.2) is 60.7 Å². The lowest BCUT2D eigenvalue weighted by atomic mass is 9.84. The molecular formula is C22H30N2O3. The Hall–Kier alpha value is -2.21. The highest BCUT2D eigenvalue weighted by molar-refractivity contribution is 5.83. The molecule has 1 unspecified atom stereocenters. The SMILES string of the molecule is CC(C)C(C)(O)[C@H](N)C(=O)N(C)[C@H](c1ccccc1)[C@H](O)c1ccccc1. The highest BCUT2D eigenvalue weighted by Gasteiger charge is 2.41. The first kappa shape index (κ1) is 21.1. The molecule has 4 N–H and O–H groups in total. The number of nitrogens with zero attached hydrogens (tertiary/aromatic N) is 1. The summed E-state index contributed by atoms with van der Waals surface area (Å²) in [4.78, 5) is 14.5. The van der Waals surface area contributed by atoms with Gasteiger partial charge in [0.2, 0.25) is 5.91 Å². The lowest BCUT2D eigenvalue weighted by Gasteiger charge is -2.39. The van der Waals surface area contributed by atoms with Crippen LogP contribution in [0.4, 0.5) is 0 Å². The molecule has 2 rings (SSSR count).